The molecule has 1 saturated heterocycles. The van der Waals surface area contributed by atoms with E-state index in [0.717, 1.165) is 50.9 Å². The van der Waals surface area contributed by atoms with E-state index in [1.807, 2.05) is 17.0 Å². The van der Waals surface area contributed by atoms with Crippen LogP contribution in [0.2, 0.25) is 0 Å². The Morgan fingerprint density at radius 2 is 1.82 bits per heavy atom. The topological polar surface area (TPSA) is 55.6 Å². The highest BCUT2D eigenvalue weighted by molar-refractivity contribution is 5.79. The number of rotatable bonds is 3. The van der Waals surface area contributed by atoms with Crippen LogP contribution in [0.15, 0.2) is 24.3 Å². The summed E-state index contributed by atoms with van der Waals surface area (Å²) in [5, 5.41) is 0. The SMILES string of the molecule is Cc1ccc(OC2CCN(C(=O)[C@@H]3CC[C@H](N)C3)CC2)cc1. The zero-order chi connectivity index (χ0) is 15.5. The Labute approximate surface area is 132 Å². The van der Waals surface area contributed by atoms with Crippen LogP contribution in [0.5, 0.6) is 5.75 Å². The normalized spacial score (nSPS) is 26.2. The Hall–Kier alpha value is -1.55. The highest BCUT2D eigenvalue weighted by Gasteiger charge is 2.33. The van der Waals surface area contributed by atoms with Crippen molar-refractivity contribution in [3.63, 3.8) is 0 Å². The summed E-state index contributed by atoms with van der Waals surface area (Å²) in [6.45, 7) is 3.69. The van der Waals surface area contributed by atoms with Gasteiger partial charge in [0.1, 0.15) is 11.9 Å². The Bertz CT molecular complexity index is 506. The van der Waals surface area contributed by atoms with Gasteiger partial charge in [0, 0.05) is 37.9 Å². The average Bonchev–Trinajstić information content (AvgIpc) is 2.96. The lowest BCUT2D eigenvalue weighted by molar-refractivity contribution is -0.137. The molecular formula is C18H26N2O2. The summed E-state index contributed by atoms with van der Waals surface area (Å²) in [5.74, 6) is 1.39. The fraction of sp³-hybridized carbons (Fsp3) is 0.611. The van der Waals surface area contributed by atoms with Crippen LogP contribution in [0.3, 0.4) is 0 Å². The van der Waals surface area contributed by atoms with Gasteiger partial charge in [0.05, 0.1) is 0 Å². The van der Waals surface area contributed by atoms with E-state index in [1.165, 1.54) is 5.56 Å². The van der Waals surface area contributed by atoms with Gasteiger partial charge in [-0.3, -0.25) is 4.79 Å². The fourth-order valence-electron chi connectivity index (χ4n) is 3.50. The molecule has 1 heterocycles. The quantitative estimate of drug-likeness (QED) is 0.933. The van der Waals surface area contributed by atoms with E-state index in [2.05, 4.69) is 19.1 Å². The van der Waals surface area contributed by atoms with E-state index in [0.29, 0.717) is 5.91 Å². The molecule has 0 spiro atoms. The predicted molar refractivity (Wildman–Crippen MR) is 86.7 cm³/mol. The van der Waals surface area contributed by atoms with Gasteiger partial charge in [0.15, 0.2) is 0 Å². The highest BCUT2D eigenvalue weighted by atomic mass is 16.5. The number of nitrogens with zero attached hydrogens (tertiary/aromatic N) is 1. The lowest BCUT2D eigenvalue weighted by atomic mass is 10.0. The number of carbonyl (C=O) groups is 1. The number of aryl methyl sites for hydroxylation is 1. The van der Waals surface area contributed by atoms with Crippen LogP contribution in [-0.4, -0.2) is 36.0 Å². The van der Waals surface area contributed by atoms with Crippen LogP contribution >= 0.6 is 0 Å². The summed E-state index contributed by atoms with van der Waals surface area (Å²) < 4.78 is 6.02. The third-order valence-corrected chi connectivity index (χ3v) is 4.90. The monoisotopic (exact) mass is 302 g/mol. The molecule has 1 aliphatic heterocycles. The largest absolute Gasteiger partial charge is 0.490 e. The van der Waals surface area contributed by atoms with Crippen LogP contribution in [0.1, 0.15) is 37.7 Å². The molecule has 1 saturated carbocycles. The first kappa shape index (κ1) is 15.3. The van der Waals surface area contributed by atoms with Gasteiger partial charge in [-0.1, -0.05) is 17.7 Å². The molecule has 22 heavy (non-hydrogen) atoms. The highest BCUT2D eigenvalue weighted by Crippen LogP contribution is 2.28. The maximum absolute atomic E-state index is 12.5. The number of benzene rings is 1. The molecule has 3 rings (SSSR count). The molecule has 1 amide bonds. The third-order valence-electron chi connectivity index (χ3n) is 4.90. The molecule has 2 aliphatic rings. The minimum atomic E-state index is 0.157. The van der Waals surface area contributed by atoms with E-state index >= 15 is 0 Å². The number of hydrogen-bond acceptors (Lipinski definition) is 3. The Morgan fingerprint density at radius 3 is 2.41 bits per heavy atom. The van der Waals surface area contributed by atoms with Gasteiger partial charge in [0.2, 0.25) is 5.91 Å². The fourth-order valence-corrected chi connectivity index (χ4v) is 3.50. The van der Waals surface area contributed by atoms with Crippen LogP contribution in [-0.2, 0) is 4.79 Å². The van der Waals surface area contributed by atoms with Gasteiger partial charge in [0.25, 0.3) is 0 Å². The van der Waals surface area contributed by atoms with Crippen molar-refractivity contribution in [1.29, 1.82) is 0 Å². The first-order valence-corrected chi connectivity index (χ1v) is 8.39. The second-order valence-electron chi connectivity index (χ2n) is 6.73. The summed E-state index contributed by atoms with van der Waals surface area (Å²) in [5.41, 5.74) is 7.16. The average molecular weight is 302 g/mol. The lowest BCUT2D eigenvalue weighted by Crippen LogP contribution is -2.44. The summed E-state index contributed by atoms with van der Waals surface area (Å²) in [7, 11) is 0. The molecule has 4 nitrogen and oxygen atoms in total. The first-order valence-electron chi connectivity index (χ1n) is 8.39. The minimum absolute atomic E-state index is 0.157. The van der Waals surface area contributed by atoms with Gasteiger partial charge in [-0.15, -0.1) is 0 Å². The van der Waals surface area contributed by atoms with Crippen molar-refractivity contribution in [2.75, 3.05) is 13.1 Å². The number of piperidine rings is 1. The molecule has 1 aromatic carbocycles. The van der Waals surface area contributed by atoms with Crippen LogP contribution in [0.25, 0.3) is 0 Å². The van der Waals surface area contributed by atoms with Crippen molar-refractivity contribution in [3.8, 4) is 5.75 Å². The zero-order valence-electron chi connectivity index (χ0n) is 13.3. The zero-order valence-corrected chi connectivity index (χ0v) is 13.3. The lowest BCUT2D eigenvalue weighted by Gasteiger charge is -2.33. The summed E-state index contributed by atoms with van der Waals surface area (Å²) in [4.78, 5) is 14.5. The molecule has 0 radical (unpaired) electrons. The summed E-state index contributed by atoms with van der Waals surface area (Å²) >= 11 is 0. The standard InChI is InChI=1S/C18H26N2O2/c1-13-2-6-16(7-3-13)22-17-8-10-20(11-9-17)18(21)14-4-5-15(19)12-14/h2-3,6-7,14-15,17H,4-5,8-12,19H2,1H3/t14-,15+/m1/s1. The maximum Gasteiger partial charge on any atom is 0.225 e. The van der Waals surface area contributed by atoms with E-state index in [1.54, 1.807) is 0 Å². The number of carbonyl (C=O) groups excluding carboxylic acids is 1. The van der Waals surface area contributed by atoms with Crippen molar-refractivity contribution >= 4 is 5.91 Å². The maximum atomic E-state index is 12.5. The van der Waals surface area contributed by atoms with E-state index < -0.39 is 0 Å². The first-order chi connectivity index (χ1) is 10.6. The van der Waals surface area contributed by atoms with E-state index in [9.17, 15) is 4.79 Å². The molecule has 0 aromatic heterocycles. The molecule has 120 valence electrons. The molecule has 0 unspecified atom stereocenters. The number of amides is 1. The number of likely N-dealkylation sites (tertiary alicyclic amines) is 1. The number of hydrogen-bond donors (Lipinski definition) is 1. The van der Waals surface area contributed by atoms with Crippen molar-refractivity contribution in [1.82, 2.24) is 4.90 Å². The van der Waals surface area contributed by atoms with Crippen LogP contribution in [0.4, 0.5) is 0 Å². The van der Waals surface area contributed by atoms with E-state index in [-0.39, 0.29) is 18.1 Å². The molecule has 1 aromatic rings. The molecule has 2 atom stereocenters. The van der Waals surface area contributed by atoms with Gasteiger partial charge in [-0.2, -0.15) is 0 Å². The van der Waals surface area contributed by atoms with Crippen LogP contribution < -0.4 is 10.5 Å². The van der Waals surface area contributed by atoms with Crippen molar-refractivity contribution in [2.24, 2.45) is 11.7 Å². The summed E-state index contributed by atoms with van der Waals surface area (Å²) in [6, 6.07) is 8.39. The third kappa shape index (κ3) is 3.61. The van der Waals surface area contributed by atoms with Crippen molar-refractivity contribution in [3.05, 3.63) is 29.8 Å². The van der Waals surface area contributed by atoms with Crippen molar-refractivity contribution < 1.29 is 9.53 Å². The Balaban J connectivity index is 1.48. The number of nitrogens with two attached hydrogens (primary N) is 1. The van der Waals surface area contributed by atoms with Gasteiger partial charge < -0.3 is 15.4 Å². The molecule has 1 aliphatic carbocycles. The molecule has 0 bridgehead atoms. The van der Waals surface area contributed by atoms with E-state index in [4.69, 9.17) is 10.5 Å². The van der Waals surface area contributed by atoms with Gasteiger partial charge >= 0.3 is 0 Å². The smallest absolute Gasteiger partial charge is 0.225 e. The molecular weight excluding hydrogens is 276 g/mol. The molecule has 2 N–H and O–H groups in total. The predicted octanol–water partition coefficient (Wildman–Crippen LogP) is 2.49. The van der Waals surface area contributed by atoms with Gasteiger partial charge in [-0.25, -0.2) is 0 Å². The van der Waals surface area contributed by atoms with Crippen LogP contribution in [0, 0.1) is 12.8 Å². The second-order valence-corrected chi connectivity index (χ2v) is 6.73. The second kappa shape index (κ2) is 6.69. The number of ether oxygens (including phenoxy) is 1. The van der Waals surface area contributed by atoms with Crippen molar-refractivity contribution in [2.45, 2.75) is 51.2 Å². The summed E-state index contributed by atoms with van der Waals surface area (Å²) in [6.07, 6.45) is 4.86. The van der Waals surface area contributed by atoms with Gasteiger partial charge in [-0.05, 0) is 38.3 Å². The molecule has 4 heteroatoms. The Kier molecular flexibility index (Phi) is 4.67. The minimum Gasteiger partial charge on any atom is -0.490 e. The Morgan fingerprint density at radius 1 is 1.14 bits per heavy atom. The molecule has 2 fully saturated rings.